The maximum atomic E-state index is 12.7. The molecule has 0 aliphatic carbocycles. The van der Waals surface area contributed by atoms with Crippen LogP contribution in [0.4, 0.5) is 4.39 Å². The van der Waals surface area contributed by atoms with E-state index in [-0.39, 0.29) is 0 Å². The van der Waals surface area contributed by atoms with Crippen LogP contribution in [-0.4, -0.2) is 15.0 Å². The molecule has 0 N–H and O–H groups in total. The summed E-state index contributed by atoms with van der Waals surface area (Å²) in [4.78, 5) is 12.0. The third-order valence-corrected chi connectivity index (χ3v) is 3.49. The molecule has 3 heterocycles. The van der Waals surface area contributed by atoms with Gasteiger partial charge in [-0.3, -0.25) is 0 Å². The van der Waals surface area contributed by atoms with E-state index in [0.717, 1.165) is 20.8 Å². The number of nitrogens with zero attached hydrogens (tertiary/aromatic N) is 3. The predicted molar refractivity (Wildman–Crippen MR) is 65.6 cm³/mol. The summed E-state index contributed by atoms with van der Waals surface area (Å²) in [5.74, 6) is -0.500. The van der Waals surface area contributed by atoms with Crippen molar-refractivity contribution in [1.82, 2.24) is 15.0 Å². The van der Waals surface area contributed by atoms with E-state index in [1.54, 1.807) is 18.3 Å². The Labute approximate surface area is 105 Å². The summed E-state index contributed by atoms with van der Waals surface area (Å²) < 4.78 is 13.7. The van der Waals surface area contributed by atoms with Crippen LogP contribution in [0.2, 0.25) is 5.15 Å². The highest BCUT2D eigenvalue weighted by Crippen LogP contribution is 2.30. The second kappa shape index (κ2) is 4.01. The monoisotopic (exact) mass is 265 g/mol. The van der Waals surface area contributed by atoms with Crippen molar-refractivity contribution in [3.8, 4) is 10.6 Å². The first-order chi connectivity index (χ1) is 8.22. The molecule has 0 amide bonds. The maximum absolute atomic E-state index is 12.7. The van der Waals surface area contributed by atoms with Gasteiger partial charge in [0.25, 0.3) is 0 Å². The minimum atomic E-state index is -0.500. The molecule has 0 spiro atoms. The molecular formula is C11H5ClFN3S. The zero-order valence-corrected chi connectivity index (χ0v) is 9.96. The molecule has 0 aliphatic rings. The van der Waals surface area contributed by atoms with Crippen molar-refractivity contribution in [2.24, 2.45) is 0 Å². The van der Waals surface area contributed by atoms with Gasteiger partial charge in [-0.25, -0.2) is 15.0 Å². The summed E-state index contributed by atoms with van der Waals surface area (Å²) in [6, 6.07) is 4.72. The Hall–Kier alpha value is -1.59. The Balaban J connectivity index is 2.14. The van der Waals surface area contributed by atoms with Crippen LogP contribution in [0, 0.1) is 5.95 Å². The average Bonchev–Trinajstić information content (AvgIpc) is 2.72. The van der Waals surface area contributed by atoms with Crippen molar-refractivity contribution in [3.05, 3.63) is 41.7 Å². The van der Waals surface area contributed by atoms with Gasteiger partial charge in [-0.1, -0.05) is 11.6 Å². The zero-order chi connectivity index (χ0) is 11.8. The topological polar surface area (TPSA) is 38.7 Å². The first-order valence-electron chi connectivity index (χ1n) is 4.76. The Kier molecular flexibility index (Phi) is 2.49. The molecule has 17 heavy (non-hydrogen) atoms. The molecule has 0 aromatic carbocycles. The lowest BCUT2D eigenvalue weighted by Gasteiger charge is -1.93. The molecule has 0 atom stereocenters. The van der Waals surface area contributed by atoms with Gasteiger partial charge < -0.3 is 0 Å². The van der Waals surface area contributed by atoms with E-state index in [9.17, 15) is 4.39 Å². The van der Waals surface area contributed by atoms with Crippen molar-refractivity contribution < 1.29 is 4.39 Å². The van der Waals surface area contributed by atoms with E-state index in [2.05, 4.69) is 15.0 Å². The fourth-order valence-electron chi connectivity index (χ4n) is 1.43. The maximum Gasteiger partial charge on any atom is 0.212 e. The van der Waals surface area contributed by atoms with Crippen molar-refractivity contribution in [1.29, 1.82) is 0 Å². The third-order valence-electron chi connectivity index (χ3n) is 2.22. The lowest BCUT2D eigenvalue weighted by atomic mass is 10.3. The minimum absolute atomic E-state index is 0.435. The highest BCUT2D eigenvalue weighted by Gasteiger charge is 2.07. The fourth-order valence-corrected chi connectivity index (χ4v) is 2.62. The van der Waals surface area contributed by atoms with E-state index in [1.807, 2.05) is 0 Å². The first-order valence-corrected chi connectivity index (χ1v) is 5.96. The van der Waals surface area contributed by atoms with E-state index in [4.69, 9.17) is 11.6 Å². The first kappa shape index (κ1) is 10.6. The molecule has 3 nitrogen and oxygen atoms in total. The van der Waals surface area contributed by atoms with Crippen LogP contribution in [0.15, 0.2) is 30.6 Å². The van der Waals surface area contributed by atoms with Crippen LogP contribution in [0.3, 0.4) is 0 Å². The van der Waals surface area contributed by atoms with Gasteiger partial charge in [0.05, 0.1) is 10.9 Å². The fraction of sp³-hybridized carbons (Fsp3) is 0. The van der Waals surface area contributed by atoms with Gasteiger partial charge >= 0.3 is 0 Å². The predicted octanol–water partition coefficient (Wildman–Crippen LogP) is 3.55. The van der Waals surface area contributed by atoms with Gasteiger partial charge in [-0.05, 0) is 18.2 Å². The quantitative estimate of drug-likeness (QED) is 0.632. The van der Waals surface area contributed by atoms with Gasteiger partial charge in [-0.2, -0.15) is 4.39 Å². The van der Waals surface area contributed by atoms with Crippen LogP contribution in [0.5, 0.6) is 0 Å². The zero-order valence-electron chi connectivity index (χ0n) is 8.39. The molecule has 0 bridgehead atoms. The van der Waals surface area contributed by atoms with Crippen molar-refractivity contribution >= 4 is 33.2 Å². The average molecular weight is 266 g/mol. The van der Waals surface area contributed by atoms with E-state index in [1.165, 1.54) is 23.6 Å². The second-order valence-corrected chi connectivity index (χ2v) is 4.78. The van der Waals surface area contributed by atoms with Crippen molar-refractivity contribution in [3.63, 3.8) is 0 Å². The summed E-state index contributed by atoms with van der Waals surface area (Å²) in [5, 5.41) is 1.21. The number of pyridine rings is 2. The van der Waals surface area contributed by atoms with Crippen LogP contribution < -0.4 is 0 Å². The molecule has 0 unspecified atom stereocenters. The van der Waals surface area contributed by atoms with E-state index < -0.39 is 5.95 Å². The lowest BCUT2D eigenvalue weighted by molar-refractivity contribution is 0.584. The number of thiazole rings is 1. The number of fused-ring (bicyclic) bond motifs is 1. The Morgan fingerprint density at radius 3 is 2.82 bits per heavy atom. The number of hydrogen-bond acceptors (Lipinski definition) is 4. The van der Waals surface area contributed by atoms with Crippen LogP contribution in [0.25, 0.3) is 20.8 Å². The molecule has 0 radical (unpaired) electrons. The van der Waals surface area contributed by atoms with E-state index in [0.29, 0.717) is 5.15 Å². The molecule has 3 aromatic rings. The molecule has 0 saturated heterocycles. The smallest absolute Gasteiger partial charge is 0.212 e. The summed E-state index contributed by atoms with van der Waals surface area (Å²) in [6.07, 6.45) is 3.08. The van der Waals surface area contributed by atoms with Crippen LogP contribution in [0.1, 0.15) is 0 Å². The van der Waals surface area contributed by atoms with Gasteiger partial charge in [0.2, 0.25) is 5.95 Å². The molecule has 6 heteroatoms. The minimum Gasteiger partial charge on any atom is -0.242 e. The second-order valence-electron chi connectivity index (χ2n) is 3.36. The Morgan fingerprint density at radius 2 is 2.06 bits per heavy atom. The number of hydrogen-bond donors (Lipinski definition) is 0. The Bertz CT molecular complexity index is 681. The third kappa shape index (κ3) is 1.99. The number of halogens is 2. The highest BCUT2D eigenvalue weighted by molar-refractivity contribution is 7.21. The summed E-state index contributed by atoms with van der Waals surface area (Å²) >= 11 is 7.27. The molecule has 3 rings (SSSR count). The summed E-state index contributed by atoms with van der Waals surface area (Å²) in [5.41, 5.74) is 1.56. The standard InChI is InChI=1S/C11H5ClFN3S/c12-9-3-8-7(5-14-9)16-11(17-8)6-1-2-10(13)15-4-6/h1-5H. The van der Waals surface area contributed by atoms with Crippen molar-refractivity contribution in [2.75, 3.05) is 0 Å². The molecule has 0 fully saturated rings. The highest BCUT2D eigenvalue weighted by atomic mass is 35.5. The van der Waals surface area contributed by atoms with Gasteiger partial charge in [-0.15, -0.1) is 11.3 Å². The molecule has 0 saturated carbocycles. The SMILES string of the molecule is Fc1ccc(-c2nc3cnc(Cl)cc3s2)cn1. The largest absolute Gasteiger partial charge is 0.242 e. The van der Waals surface area contributed by atoms with Crippen molar-refractivity contribution in [2.45, 2.75) is 0 Å². The van der Waals surface area contributed by atoms with Gasteiger partial charge in [0.1, 0.15) is 15.7 Å². The lowest BCUT2D eigenvalue weighted by Crippen LogP contribution is -1.82. The Morgan fingerprint density at radius 1 is 1.18 bits per heavy atom. The van der Waals surface area contributed by atoms with Crippen LogP contribution in [-0.2, 0) is 0 Å². The number of aromatic nitrogens is 3. The van der Waals surface area contributed by atoms with Gasteiger partial charge in [0.15, 0.2) is 0 Å². The van der Waals surface area contributed by atoms with E-state index >= 15 is 0 Å². The normalized spacial score (nSPS) is 10.9. The van der Waals surface area contributed by atoms with Gasteiger partial charge in [0, 0.05) is 11.8 Å². The molecule has 0 aliphatic heterocycles. The summed E-state index contributed by atoms with van der Waals surface area (Å²) in [6.45, 7) is 0. The summed E-state index contributed by atoms with van der Waals surface area (Å²) in [7, 11) is 0. The number of rotatable bonds is 1. The molecular weight excluding hydrogens is 261 g/mol. The van der Waals surface area contributed by atoms with Crippen LogP contribution >= 0.6 is 22.9 Å². The molecule has 3 aromatic heterocycles. The molecule has 84 valence electrons.